The Balaban J connectivity index is 1.93. The van der Waals surface area contributed by atoms with Gasteiger partial charge >= 0.3 is 0 Å². The fourth-order valence-corrected chi connectivity index (χ4v) is 3.96. The standard InChI is InChI=1S/C24H23IN2O6S/c1-27(34(3,30)31)21-10-9-20(26-24(29)17-5-7-19(25)8-6-17)13-23(21)33-15-18-12-16(14-28)4-11-22(18)32-2/h4-14H,15H2,1-3H3,(H,26,29). The van der Waals surface area contributed by atoms with Gasteiger partial charge in [-0.05, 0) is 77.2 Å². The molecule has 8 nitrogen and oxygen atoms in total. The van der Waals surface area contributed by atoms with Crippen LogP contribution in [0.4, 0.5) is 11.4 Å². The molecular formula is C24H23IN2O6S. The van der Waals surface area contributed by atoms with Crippen LogP contribution in [0.15, 0.2) is 60.7 Å². The first-order valence-corrected chi connectivity index (χ1v) is 12.9. The van der Waals surface area contributed by atoms with Gasteiger partial charge in [0.05, 0.1) is 19.1 Å². The second kappa shape index (κ2) is 10.9. The Morgan fingerprint density at radius 3 is 2.38 bits per heavy atom. The smallest absolute Gasteiger partial charge is 0.255 e. The van der Waals surface area contributed by atoms with E-state index in [0.717, 1.165) is 14.1 Å². The van der Waals surface area contributed by atoms with E-state index < -0.39 is 10.0 Å². The number of nitrogens with zero attached hydrogens (tertiary/aromatic N) is 1. The molecule has 0 aliphatic carbocycles. The minimum atomic E-state index is -3.57. The van der Waals surface area contributed by atoms with Gasteiger partial charge in [-0.25, -0.2) is 8.42 Å². The molecule has 0 heterocycles. The molecule has 3 rings (SSSR count). The van der Waals surface area contributed by atoms with E-state index in [0.29, 0.717) is 40.1 Å². The summed E-state index contributed by atoms with van der Waals surface area (Å²) in [4.78, 5) is 23.8. The van der Waals surface area contributed by atoms with Gasteiger partial charge in [-0.2, -0.15) is 0 Å². The quantitative estimate of drug-likeness (QED) is 0.292. The Hall–Kier alpha value is -3.12. The van der Waals surface area contributed by atoms with Crippen LogP contribution >= 0.6 is 22.6 Å². The summed E-state index contributed by atoms with van der Waals surface area (Å²) in [5.41, 5.74) is 2.26. The molecule has 0 aromatic heterocycles. The molecule has 1 N–H and O–H groups in total. The van der Waals surface area contributed by atoms with Crippen LogP contribution < -0.4 is 19.1 Å². The lowest BCUT2D eigenvalue weighted by Gasteiger charge is -2.21. The molecule has 0 unspecified atom stereocenters. The summed E-state index contributed by atoms with van der Waals surface area (Å²) in [6, 6.07) is 16.7. The predicted molar refractivity (Wildman–Crippen MR) is 140 cm³/mol. The van der Waals surface area contributed by atoms with Crippen molar-refractivity contribution >= 4 is 56.2 Å². The van der Waals surface area contributed by atoms with Crippen LogP contribution in [0.25, 0.3) is 0 Å². The van der Waals surface area contributed by atoms with Gasteiger partial charge in [0, 0.05) is 39.1 Å². The summed E-state index contributed by atoms with van der Waals surface area (Å²) in [6.07, 6.45) is 1.80. The topological polar surface area (TPSA) is 102 Å². The van der Waals surface area contributed by atoms with Crippen molar-refractivity contribution in [3.63, 3.8) is 0 Å². The molecule has 3 aromatic carbocycles. The molecule has 0 bridgehead atoms. The summed E-state index contributed by atoms with van der Waals surface area (Å²) in [7, 11) is -0.659. The first-order chi connectivity index (χ1) is 16.1. The minimum absolute atomic E-state index is 0.00395. The van der Waals surface area contributed by atoms with Crippen molar-refractivity contribution in [3.05, 3.63) is 80.9 Å². The maximum atomic E-state index is 12.6. The largest absolute Gasteiger partial charge is 0.496 e. The van der Waals surface area contributed by atoms with Crippen LogP contribution in [0, 0.1) is 3.57 Å². The lowest BCUT2D eigenvalue weighted by atomic mass is 10.1. The van der Waals surface area contributed by atoms with Gasteiger partial charge in [0.1, 0.15) is 24.4 Å². The van der Waals surface area contributed by atoms with Crippen LogP contribution in [0.1, 0.15) is 26.3 Å². The van der Waals surface area contributed by atoms with Crippen molar-refractivity contribution in [1.82, 2.24) is 0 Å². The van der Waals surface area contributed by atoms with Crippen molar-refractivity contribution in [1.29, 1.82) is 0 Å². The first-order valence-electron chi connectivity index (χ1n) is 10.0. The SMILES string of the molecule is COc1ccc(C=O)cc1COc1cc(NC(=O)c2ccc(I)cc2)ccc1N(C)S(C)(=O)=O. The summed E-state index contributed by atoms with van der Waals surface area (Å²) in [5.74, 6) is 0.436. The highest BCUT2D eigenvalue weighted by Crippen LogP contribution is 2.34. The molecular weight excluding hydrogens is 571 g/mol. The average Bonchev–Trinajstić information content (AvgIpc) is 2.82. The number of hydrogen-bond donors (Lipinski definition) is 1. The number of rotatable bonds is 9. The number of carbonyl (C=O) groups is 2. The zero-order chi connectivity index (χ0) is 24.9. The van der Waals surface area contributed by atoms with Crippen molar-refractivity contribution < 1.29 is 27.5 Å². The summed E-state index contributed by atoms with van der Waals surface area (Å²) in [5, 5.41) is 2.80. The highest BCUT2D eigenvalue weighted by molar-refractivity contribution is 14.1. The first kappa shape index (κ1) is 25.5. The third-order valence-electron chi connectivity index (χ3n) is 4.98. The van der Waals surface area contributed by atoms with Gasteiger partial charge in [0.25, 0.3) is 5.91 Å². The maximum absolute atomic E-state index is 12.6. The van der Waals surface area contributed by atoms with Gasteiger partial charge in [0.15, 0.2) is 0 Å². The second-order valence-corrected chi connectivity index (χ2v) is 10.6. The number of anilines is 2. The predicted octanol–water partition coefficient (Wildman–Crippen LogP) is 4.34. The highest BCUT2D eigenvalue weighted by atomic mass is 127. The Labute approximate surface area is 212 Å². The molecule has 0 radical (unpaired) electrons. The van der Waals surface area contributed by atoms with Gasteiger partial charge in [-0.1, -0.05) is 0 Å². The van der Waals surface area contributed by atoms with Crippen LogP contribution in [-0.2, 0) is 16.6 Å². The molecule has 1 amide bonds. The molecule has 0 saturated heterocycles. The summed E-state index contributed by atoms with van der Waals surface area (Å²) in [6.45, 7) is 0.00395. The number of methoxy groups -OCH3 is 1. The minimum Gasteiger partial charge on any atom is -0.496 e. The molecule has 0 saturated carbocycles. The molecule has 0 fully saturated rings. The number of benzene rings is 3. The lowest BCUT2D eigenvalue weighted by Crippen LogP contribution is -2.25. The Bertz CT molecular complexity index is 1310. The summed E-state index contributed by atoms with van der Waals surface area (Å²) >= 11 is 2.16. The molecule has 0 aliphatic heterocycles. The second-order valence-electron chi connectivity index (χ2n) is 7.35. The van der Waals surface area contributed by atoms with Crippen LogP contribution in [0.5, 0.6) is 11.5 Å². The Kier molecular flexibility index (Phi) is 8.15. The average molecular weight is 594 g/mol. The van der Waals surface area contributed by atoms with Gasteiger partial charge < -0.3 is 14.8 Å². The van der Waals surface area contributed by atoms with Crippen LogP contribution in [0.3, 0.4) is 0 Å². The number of aldehydes is 1. The molecule has 178 valence electrons. The third kappa shape index (κ3) is 6.26. The number of carbonyl (C=O) groups excluding carboxylic acids is 2. The number of hydrogen-bond acceptors (Lipinski definition) is 6. The van der Waals surface area contributed by atoms with Crippen molar-refractivity contribution in [2.24, 2.45) is 0 Å². The molecule has 0 atom stereocenters. The highest BCUT2D eigenvalue weighted by Gasteiger charge is 2.19. The van der Waals surface area contributed by atoms with Crippen LogP contribution in [0.2, 0.25) is 0 Å². The Morgan fingerprint density at radius 2 is 1.76 bits per heavy atom. The van der Waals surface area contributed by atoms with E-state index in [2.05, 4.69) is 27.9 Å². The van der Waals surface area contributed by atoms with Gasteiger partial charge in [0.2, 0.25) is 10.0 Å². The Morgan fingerprint density at radius 1 is 1.06 bits per heavy atom. The van der Waals surface area contributed by atoms with E-state index in [1.165, 1.54) is 14.2 Å². The zero-order valence-corrected chi connectivity index (χ0v) is 21.7. The van der Waals surface area contributed by atoms with E-state index in [1.54, 1.807) is 48.5 Å². The lowest BCUT2D eigenvalue weighted by molar-refractivity contribution is 0.102. The van der Waals surface area contributed by atoms with E-state index in [9.17, 15) is 18.0 Å². The molecule has 10 heteroatoms. The molecule has 3 aromatic rings. The van der Waals surface area contributed by atoms with Gasteiger partial charge in [-0.15, -0.1) is 0 Å². The van der Waals surface area contributed by atoms with E-state index >= 15 is 0 Å². The van der Waals surface area contributed by atoms with Crippen LogP contribution in [-0.4, -0.2) is 41.0 Å². The maximum Gasteiger partial charge on any atom is 0.255 e. The number of sulfonamides is 1. The van der Waals surface area contributed by atoms with E-state index in [-0.39, 0.29) is 18.3 Å². The summed E-state index contributed by atoms with van der Waals surface area (Å²) < 4.78 is 37.7. The normalized spacial score (nSPS) is 10.9. The number of amides is 1. The fourth-order valence-electron chi connectivity index (χ4n) is 3.09. The number of halogens is 1. The molecule has 34 heavy (non-hydrogen) atoms. The van der Waals surface area contributed by atoms with Crippen molar-refractivity contribution in [3.8, 4) is 11.5 Å². The van der Waals surface area contributed by atoms with Crippen molar-refractivity contribution in [2.75, 3.05) is 30.0 Å². The number of nitrogens with one attached hydrogen (secondary N) is 1. The third-order valence-corrected chi connectivity index (χ3v) is 6.90. The van der Waals surface area contributed by atoms with Gasteiger partial charge in [-0.3, -0.25) is 13.9 Å². The number of ether oxygens (including phenoxy) is 2. The molecule has 0 spiro atoms. The monoisotopic (exact) mass is 594 g/mol. The zero-order valence-electron chi connectivity index (χ0n) is 18.7. The van der Waals surface area contributed by atoms with E-state index in [1.807, 2.05) is 12.1 Å². The fraction of sp³-hybridized carbons (Fsp3) is 0.167. The van der Waals surface area contributed by atoms with E-state index in [4.69, 9.17) is 9.47 Å². The molecule has 0 aliphatic rings. The van der Waals surface area contributed by atoms with Crippen molar-refractivity contribution in [2.45, 2.75) is 6.61 Å².